The predicted octanol–water partition coefficient (Wildman–Crippen LogP) is 3.67. The van der Waals surface area contributed by atoms with Gasteiger partial charge in [-0.3, -0.25) is 0 Å². The van der Waals surface area contributed by atoms with Crippen molar-refractivity contribution in [3.8, 4) is 17.0 Å². The van der Waals surface area contributed by atoms with Gasteiger partial charge in [0.15, 0.2) is 6.10 Å². The van der Waals surface area contributed by atoms with Gasteiger partial charge in [0, 0.05) is 11.8 Å². The molecule has 4 rings (SSSR count). The second-order valence-corrected chi connectivity index (χ2v) is 5.94. The lowest BCUT2D eigenvalue weighted by Crippen LogP contribution is -2.19. The van der Waals surface area contributed by atoms with Crippen molar-refractivity contribution in [2.24, 2.45) is 0 Å². The smallest absolute Gasteiger partial charge is 0.408 e. The van der Waals surface area contributed by atoms with Crippen molar-refractivity contribution >= 4 is 6.09 Å². The number of benzene rings is 2. The predicted molar refractivity (Wildman–Crippen MR) is 95.6 cm³/mol. The summed E-state index contributed by atoms with van der Waals surface area (Å²) in [6, 6.07) is 17.0. The van der Waals surface area contributed by atoms with E-state index in [0.717, 1.165) is 28.1 Å². The minimum atomic E-state index is -0.435. The minimum Gasteiger partial charge on any atom is -0.497 e. The van der Waals surface area contributed by atoms with Crippen LogP contribution in [0.1, 0.15) is 23.3 Å². The highest BCUT2D eigenvalue weighted by molar-refractivity contribution is 5.71. The number of nitrogens with one attached hydrogen (secondary N) is 1. The summed E-state index contributed by atoms with van der Waals surface area (Å²) in [7, 11) is 1.61. The Morgan fingerprint density at radius 1 is 1.08 bits per heavy atom. The van der Waals surface area contributed by atoms with E-state index >= 15 is 0 Å². The van der Waals surface area contributed by atoms with Gasteiger partial charge < -0.3 is 14.8 Å². The first-order chi connectivity index (χ1) is 12.7. The van der Waals surface area contributed by atoms with E-state index in [1.165, 1.54) is 6.33 Å². The zero-order valence-corrected chi connectivity index (χ0v) is 14.1. The molecule has 2 atom stereocenters. The van der Waals surface area contributed by atoms with Gasteiger partial charge in [-0.2, -0.15) is 0 Å². The number of aromatic nitrogens is 2. The van der Waals surface area contributed by atoms with Crippen LogP contribution in [0.5, 0.6) is 5.75 Å². The van der Waals surface area contributed by atoms with Crippen molar-refractivity contribution in [3.05, 3.63) is 78.2 Å². The SMILES string of the molecule is COc1cccc([C@H]2OC(=O)N[C@@H]2c2cccc(-c3ccncn3)c2)c1. The maximum Gasteiger partial charge on any atom is 0.408 e. The third-order valence-corrected chi connectivity index (χ3v) is 4.36. The summed E-state index contributed by atoms with van der Waals surface area (Å²) in [6.07, 6.45) is 2.35. The highest BCUT2D eigenvalue weighted by atomic mass is 16.6. The molecule has 1 aromatic heterocycles. The molecule has 6 heteroatoms. The molecule has 1 saturated heterocycles. The van der Waals surface area contributed by atoms with Crippen molar-refractivity contribution in [1.29, 1.82) is 0 Å². The molecule has 0 spiro atoms. The molecule has 2 aromatic carbocycles. The average molecular weight is 347 g/mol. The Morgan fingerprint density at radius 3 is 2.73 bits per heavy atom. The molecule has 0 bridgehead atoms. The van der Waals surface area contributed by atoms with Crippen LogP contribution in [-0.4, -0.2) is 23.2 Å². The third kappa shape index (κ3) is 3.09. The van der Waals surface area contributed by atoms with Crippen molar-refractivity contribution < 1.29 is 14.3 Å². The maximum atomic E-state index is 11.9. The molecule has 0 saturated carbocycles. The molecule has 3 aromatic rings. The van der Waals surface area contributed by atoms with E-state index in [9.17, 15) is 4.79 Å². The van der Waals surface area contributed by atoms with Crippen LogP contribution in [0, 0.1) is 0 Å². The Hall–Kier alpha value is -3.41. The largest absolute Gasteiger partial charge is 0.497 e. The van der Waals surface area contributed by atoms with Gasteiger partial charge in [0.1, 0.15) is 12.1 Å². The number of alkyl carbamates (subject to hydrolysis) is 1. The Morgan fingerprint density at radius 2 is 1.92 bits per heavy atom. The van der Waals surface area contributed by atoms with E-state index in [1.54, 1.807) is 13.3 Å². The second-order valence-electron chi connectivity index (χ2n) is 5.94. The third-order valence-electron chi connectivity index (χ3n) is 4.36. The Bertz CT molecular complexity index is 930. The van der Waals surface area contributed by atoms with E-state index < -0.39 is 12.2 Å². The number of hydrogen-bond donors (Lipinski definition) is 1. The van der Waals surface area contributed by atoms with Gasteiger partial charge >= 0.3 is 6.09 Å². The summed E-state index contributed by atoms with van der Waals surface area (Å²) in [4.78, 5) is 20.2. The molecule has 1 fully saturated rings. The molecule has 26 heavy (non-hydrogen) atoms. The fraction of sp³-hybridized carbons (Fsp3) is 0.150. The molecular formula is C20H17N3O3. The minimum absolute atomic E-state index is 0.295. The van der Waals surface area contributed by atoms with Crippen LogP contribution in [0.15, 0.2) is 67.1 Å². The second kappa shape index (κ2) is 6.84. The van der Waals surface area contributed by atoms with Crippen LogP contribution in [0.3, 0.4) is 0 Å². The number of amides is 1. The Kier molecular flexibility index (Phi) is 4.23. The molecule has 1 N–H and O–H groups in total. The lowest BCUT2D eigenvalue weighted by Gasteiger charge is -2.19. The van der Waals surface area contributed by atoms with Crippen molar-refractivity contribution in [1.82, 2.24) is 15.3 Å². The summed E-state index contributed by atoms with van der Waals surface area (Å²) >= 11 is 0. The Labute approximate surface area is 150 Å². The topological polar surface area (TPSA) is 73.3 Å². The van der Waals surface area contributed by atoms with E-state index in [0.29, 0.717) is 0 Å². The van der Waals surface area contributed by atoms with Gasteiger partial charge in [0.05, 0.1) is 18.8 Å². The fourth-order valence-corrected chi connectivity index (χ4v) is 3.11. The maximum absolute atomic E-state index is 11.9. The van der Waals surface area contributed by atoms with Crippen LogP contribution < -0.4 is 10.1 Å². The molecule has 6 nitrogen and oxygen atoms in total. The van der Waals surface area contributed by atoms with Crippen molar-refractivity contribution in [2.45, 2.75) is 12.1 Å². The number of ether oxygens (including phenoxy) is 2. The number of hydrogen-bond acceptors (Lipinski definition) is 5. The fourth-order valence-electron chi connectivity index (χ4n) is 3.11. The first-order valence-corrected chi connectivity index (χ1v) is 8.22. The molecule has 1 amide bonds. The normalized spacial score (nSPS) is 18.9. The number of methoxy groups -OCH3 is 1. The average Bonchev–Trinajstić information content (AvgIpc) is 3.11. The van der Waals surface area contributed by atoms with Crippen LogP contribution in [0.25, 0.3) is 11.3 Å². The highest BCUT2D eigenvalue weighted by Crippen LogP contribution is 2.38. The molecule has 0 radical (unpaired) electrons. The van der Waals surface area contributed by atoms with Gasteiger partial charge in [-0.25, -0.2) is 14.8 Å². The summed E-state index contributed by atoms with van der Waals surface area (Å²) in [6.45, 7) is 0. The van der Waals surface area contributed by atoms with E-state index in [-0.39, 0.29) is 6.04 Å². The molecule has 2 heterocycles. The zero-order chi connectivity index (χ0) is 17.9. The number of carbonyl (C=O) groups is 1. The summed E-state index contributed by atoms with van der Waals surface area (Å²) in [5.41, 5.74) is 3.60. The van der Waals surface area contributed by atoms with Gasteiger partial charge in [0.2, 0.25) is 0 Å². The lowest BCUT2D eigenvalue weighted by atomic mass is 9.94. The molecule has 130 valence electrons. The summed E-state index contributed by atoms with van der Waals surface area (Å²) < 4.78 is 10.8. The van der Waals surface area contributed by atoms with Crippen LogP contribution >= 0.6 is 0 Å². The van der Waals surface area contributed by atoms with E-state index in [1.807, 2.05) is 54.6 Å². The molecule has 1 aliphatic heterocycles. The van der Waals surface area contributed by atoms with Gasteiger partial charge in [-0.05, 0) is 35.4 Å². The van der Waals surface area contributed by atoms with E-state index in [2.05, 4.69) is 15.3 Å². The molecule has 1 aliphatic rings. The van der Waals surface area contributed by atoms with Crippen LogP contribution in [0.4, 0.5) is 4.79 Å². The summed E-state index contributed by atoms with van der Waals surface area (Å²) in [5, 5.41) is 2.90. The lowest BCUT2D eigenvalue weighted by molar-refractivity contribution is 0.132. The number of rotatable bonds is 4. The number of cyclic esters (lactones) is 1. The highest BCUT2D eigenvalue weighted by Gasteiger charge is 2.36. The van der Waals surface area contributed by atoms with Crippen LogP contribution in [0.2, 0.25) is 0 Å². The summed E-state index contributed by atoms with van der Waals surface area (Å²) in [5.74, 6) is 0.721. The van der Waals surface area contributed by atoms with Crippen LogP contribution in [-0.2, 0) is 4.74 Å². The first kappa shape index (κ1) is 16.1. The molecular weight excluding hydrogens is 330 g/mol. The quantitative estimate of drug-likeness (QED) is 0.779. The first-order valence-electron chi connectivity index (χ1n) is 8.22. The van der Waals surface area contributed by atoms with Gasteiger partial charge in [-0.1, -0.05) is 30.3 Å². The van der Waals surface area contributed by atoms with E-state index in [4.69, 9.17) is 9.47 Å². The number of nitrogens with zero attached hydrogens (tertiary/aromatic N) is 2. The monoisotopic (exact) mass is 347 g/mol. The number of carbonyl (C=O) groups excluding carboxylic acids is 1. The van der Waals surface area contributed by atoms with Gasteiger partial charge in [0.25, 0.3) is 0 Å². The molecule has 0 aliphatic carbocycles. The molecule has 0 unspecified atom stereocenters. The van der Waals surface area contributed by atoms with Gasteiger partial charge in [-0.15, -0.1) is 0 Å². The zero-order valence-electron chi connectivity index (χ0n) is 14.1. The van der Waals surface area contributed by atoms with Crippen molar-refractivity contribution in [2.75, 3.05) is 7.11 Å². The van der Waals surface area contributed by atoms with Crippen molar-refractivity contribution in [3.63, 3.8) is 0 Å². The Balaban J connectivity index is 1.70. The standard InChI is InChI=1S/C20H17N3O3/c1-25-16-7-3-6-15(11-16)19-18(23-20(24)26-19)14-5-2-4-13(10-14)17-8-9-21-12-22-17/h2-12,18-19H,1H3,(H,23,24)/t18-,19-/m1/s1.